The van der Waals surface area contributed by atoms with Gasteiger partial charge in [0.15, 0.2) is 5.82 Å². The monoisotopic (exact) mass is 327 g/mol. The van der Waals surface area contributed by atoms with E-state index in [1.807, 2.05) is 54.6 Å². The second-order valence-electron chi connectivity index (χ2n) is 5.57. The molecule has 2 aromatic heterocycles. The van der Waals surface area contributed by atoms with E-state index in [4.69, 9.17) is 0 Å². The highest BCUT2D eigenvalue weighted by atomic mass is 19.1. The summed E-state index contributed by atoms with van der Waals surface area (Å²) in [4.78, 5) is 13.4. The van der Waals surface area contributed by atoms with Crippen molar-refractivity contribution in [2.24, 2.45) is 0 Å². The zero-order valence-electron chi connectivity index (χ0n) is 13.3. The third kappa shape index (κ3) is 3.28. The summed E-state index contributed by atoms with van der Waals surface area (Å²) < 4.78 is 13.6. The molecule has 0 unspecified atom stereocenters. The van der Waals surface area contributed by atoms with Crippen molar-refractivity contribution < 1.29 is 4.39 Å². The summed E-state index contributed by atoms with van der Waals surface area (Å²) in [6.45, 7) is 0. The van der Waals surface area contributed by atoms with Gasteiger partial charge in [-0.1, -0.05) is 42.5 Å². The lowest BCUT2D eigenvalue weighted by molar-refractivity contribution is 0.628. The fourth-order valence-electron chi connectivity index (χ4n) is 2.63. The van der Waals surface area contributed by atoms with Crippen LogP contribution in [0.4, 0.5) is 4.39 Å². The van der Waals surface area contributed by atoms with Crippen molar-refractivity contribution in [3.63, 3.8) is 0 Å². The van der Waals surface area contributed by atoms with Crippen LogP contribution in [0.2, 0.25) is 0 Å². The molecule has 0 bridgehead atoms. The minimum atomic E-state index is -0.289. The van der Waals surface area contributed by atoms with E-state index in [2.05, 4.69) is 15.0 Å². The normalized spacial score (nSPS) is 10.6. The maximum Gasteiger partial charge on any atom is 0.160 e. The van der Waals surface area contributed by atoms with Crippen molar-refractivity contribution in [1.29, 1.82) is 0 Å². The highest BCUT2D eigenvalue weighted by Gasteiger charge is 2.10. The first-order valence-electron chi connectivity index (χ1n) is 7.90. The Bertz CT molecular complexity index is 944. The zero-order valence-corrected chi connectivity index (χ0v) is 13.3. The van der Waals surface area contributed by atoms with E-state index in [9.17, 15) is 4.39 Å². The molecule has 0 saturated carbocycles. The molecule has 4 rings (SSSR count). The first kappa shape index (κ1) is 15.1. The lowest BCUT2D eigenvalue weighted by Gasteiger charge is -2.09. The van der Waals surface area contributed by atoms with Crippen LogP contribution >= 0.6 is 0 Å². The van der Waals surface area contributed by atoms with Crippen molar-refractivity contribution in [3.8, 4) is 33.9 Å². The fraction of sp³-hybridized carbons (Fsp3) is 0. The molecule has 0 aliphatic carbocycles. The molecule has 4 heteroatoms. The Morgan fingerprint density at radius 3 is 2.00 bits per heavy atom. The van der Waals surface area contributed by atoms with Crippen LogP contribution in [-0.4, -0.2) is 15.0 Å². The molecule has 0 amide bonds. The van der Waals surface area contributed by atoms with Gasteiger partial charge in [0.1, 0.15) is 5.82 Å². The minimum absolute atomic E-state index is 0.289. The highest BCUT2D eigenvalue weighted by Crippen LogP contribution is 2.27. The Kier molecular flexibility index (Phi) is 4.01. The van der Waals surface area contributed by atoms with Gasteiger partial charge in [-0.05, 0) is 30.3 Å². The van der Waals surface area contributed by atoms with E-state index >= 15 is 0 Å². The fourth-order valence-corrected chi connectivity index (χ4v) is 2.63. The molecule has 3 nitrogen and oxygen atoms in total. The SMILES string of the molecule is Fc1cccc(-c2cc(-c3ccccc3)nc(-c3ccncc3)n2)c1. The van der Waals surface area contributed by atoms with Crippen LogP contribution in [0.25, 0.3) is 33.9 Å². The molecular weight excluding hydrogens is 313 g/mol. The number of hydrogen-bond acceptors (Lipinski definition) is 3. The lowest BCUT2D eigenvalue weighted by atomic mass is 10.1. The third-order valence-electron chi connectivity index (χ3n) is 3.85. The Morgan fingerprint density at radius 2 is 1.28 bits per heavy atom. The zero-order chi connectivity index (χ0) is 17.1. The molecule has 0 radical (unpaired) electrons. The number of pyridine rings is 1. The second kappa shape index (κ2) is 6.61. The van der Waals surface area contributed by atoms with Gasteiger partial charge in [0.05, 0.1) is 11.4 Å². The molecule has 25 heavy (non-hydrogen) atoms. The Balaban J connectivity index is 1.92. The van der Waals surface area contributed by atoms with E-state index in [-0.39, 0.29) is 5.82 Å². The van der Waals surface area contributed by atoms with E-state index in [0.717, 1.165) is 22.4 Å². The molecule has 0 aliphatic heterocycles. The van der Waals surface area contributed by atoms with Gasteiger partial charge >= 0.3 is 0 Å². The van der Waals surface area contributed by atoms with Crippen molar-refractivity contribution in [2.45, 2.75) is 0 Å². The summed E-state index contributed by atoms with van der Waals surface area (Å²) >= 11 is 0. The molecular formula is C21H14FN3. The lowest BCUT2D eigenvalue weighted by Crippen LogP contribution is -1.96. The van der Waals surface area contributed by atoms with Crippen LogP contribution in [0.5, 0.6) is 0 Å². The Morgan fingerprint density at radius 1 is 0.600 bits per heavy atom. The Hall–Kier alpha value is -3.40. The topological polar surface area (TPSA) is 38.7 Å². The number of nitrogens with zero attached hydrogens (tertiary/aromatic N) is 3. The third-order valence-corrected chi connectivity index (χ3v) is 3.85. The maximum atomic E-state index is 13.6. The summed E-state index contributed by atoms with van der Waals surface area (Å²) in [5, 5.41) is 0. The van der Waals surface area contributed by atoms with Crippen molar-refractivity contribution >= 4 is 0 Å². The van der Waals surface area contributed by atoms with E-state index in [0.29, 0.717) is 11.5 Å². The smallest absolute Gasteiger partial charge is 0.160 e. The number of benzene rings is 2. The van der Waals surface area contributed by atoms with Crippen LogP contribution < -0.4 is 0 Å². The predicted molar refractivity (Wildman–Crippen MR) is 96.1 cm³/mol. The van der Waals surface area contributed by atoms with Gasteiger partial charge in [-0.3, -0.25) is 4.98 Å². The highest BCUT2D eigenvalue weighted by molar-refractivity contribution is 5.71. The molecule has 0 atom stereocenters. The second-order valence-corrected chi connectivity index (χ2v) is 5.57. The largest absolute Gasteiger partial charge is 0.265 e. The Labute approximate surface area is 144 Å². The summed E-state index contributed by atoms with van der Waals surface area (Å²) in [5.41, 5.74) is 4.04. The average Bonchev–Trinajstić information content (AvgIpc) is 2.69. The average molecular weight is 327 g/mol. The molecule has 0 aliphatic rings. The minimum Gasteiger partial charge on any atom is -0.265 e. The number of hydrogen-bond donors (Lipinski definition) is 0. The number of rotatable bonds is 3. The molecule has 0 saturated heterocycles. The summed E-state index contributed by atoms with van der Waals surface area (Å²) in [6, 6.07) is 21.9. The van der Waals surface area contributed by atoms with Gasteiger partial charge in [-0.25, -0.2) is 14.4 Å². The standard InChI is InChI=1S/C21H14FN3/c22-18-8-4-7-17(13-18)20-14-19(15-5-2-1-3-6-15)24-21(25-20)16-9-11-23-12-10-16/h1-14H. The van der Waals surface area contributed by atoms with E-state index < -0.39 is 0 Å². The van der Waals surface area contributed by atoms with E-state index in [1.165, 1.54) is 12.1 Å². The first-order chi connectivity index (χ1) is 12.3. The van der Waals surface area contributed by atoms with Gasteiger partial charge < -0.3 is 0 Å². The number of aromatic nitrogens is 3. The summed E-state index contributed by atoms with van der Waals surface area (Å²) in [7, 11) is 0. The van der Waals surface area contributed by atoms with Gasteiger partial charge in [-0.2, -0.15) is 0 Å². The molecule has 120 valence electrons. The molecule has 0 fully saturated rings. The molecule has 2 heterocycles. The van der Waals surface area contributed by atoms with Crippen LogP contribution in [-0.2, 0) is 0 Å². The molecule has 0 N–H and O–H groups in total. The quantitative estimate of drug-likeness (QED) is 0.531. The van der Waals surface area contributed by atoms with Crippen LogP contribution in [0.3, 0.4) is 0 Å². The van der Waals surface area contributed by atoms with Gasteiger partial charge in [-0.15, -0.1) is 0 Å². The first-order valence-corrected chi connectivity index (χ1v) is 7.90. The summed E-state index contributed by atoms with van der Waals surface area (Å²) in [6.07, 6.45) is 3.41. The summed E-state index contributed by atoms with van der Waals surface area (Å²) in [5.74, 6) is 0.297. The van der Waals surface area contributed by atoms with Crippen molar-refractivity contribution in [2.75, 3.05) is 0 Å². The molecule has 0 spiro atoms. The van der Waals surface area contributed by atoms with E-state index in [1.54, 1.807) is 18.5 Å². The molecule has 4 aromatic rings. The van der Waals surface area contributed by atoms with Crippen LogP contribution in [0.15, 0.2) is 85.2 Å². The van der Waals surface area contributed by atoms with Gasteiger partial charge in [0.2, 0.25) is 0 Å². The molecule has 2 aromatic carbocycles. The number of halogens is 1. The van der Waals surface area contributed by atoms with Gasteiger partial charge in [0, 0.05) is 29.1 Å². The predicted octanol–water partition coefficient (Wildman–Crippen LogP) is 5.01. The van der Waals surface area contributed by atoms with Crippen LogP contribution in [0, 0.1) is 5.82 Å². The maximum absolute atomic E-state index is 13.6. The van der Waals surface area contributed by atoms with Crippen molar-refractivity contribution in [1.82, 2.24) is 15.0 Å². The van der Waals surface area contributed by atoms with Crippen LogP contribution in [0.1, 0.15) is 0 Å². The van der Waals surface area contributed by atoms with Gasteiger partial charge in [0.25, 0.3) is 0 Å². The van der Waals surface area contributed by atoms with Crippen molar-refractivity contribution in [3.05, 3.63) is 91.0 Å².